The Morgan fingerprint density at radius 2 is 2.17 bits per heavy atom. The summed E-state index contributed by atoms with van der Waals surface area (Å²) in [6.45, 7) is 1.92. The first-order chi connectivity index (χ1) is 5.81. The minimum atomic E-state index is 0.529. The van der Waals surface area contributed by atoms with Gasteiger partial charge in [0.15, 0.2) is 6.29 Å². The second-order valence-corrected chi connectivity index (χ2v) is 2.60. The Labute approximate surface area is 68.9 Å². The van der Waals surface area contributed by atoms with E-state index in [0.29, 0.717) is 11.5 Å². The number of imidazole rings is 1. The van der Waals surface area contributed by atoms with Gasteiger partial charge in [-0.2, -0.15) is 0 Å². The number of carbonyl (C=O) groups excluding carboxylic acids is 1. The molecule has 0 unspecified atom stereocenters. The molecule has 0 N–H and O–H groups in total. The molecule has 0 aliphatic rings. The number of aromatic nitrogens is 3. The SMILES string of the molecule is Cc1cnc2ncc(C=O)n2c1. The molecule has 0 amide bonds. The average Bonchev–Trinajstić information content (AvgIpc) is 2.46. The molecule has 2 aromatic rings. The van der Waals surface area contributed by atoms with Crippen LogP contribution in [0.2, 0.25) is 0 Å². The van der Waals surface area contributed by atoms with Crippen LogP contribution in [-0.2, 0) is 0 Å². The highest BCUT2D eigenvalue weighted by Crippen LogP contribution is 2.03. The number of aldehydes is 1. The van der Waals surface area contributed by atoms with Crippen LogP contribution >= 0.6 is 0 Å². The predicted molar refractivity (Wildman–Crippen MR) is 43.1 cm³/mol. The van der Waals surface area contributed by atoms with Crippen LogP contribution in [0, 0.1) is 6.92 Å². The fourth-order valence-electron chi connectivity index (χ4n) is 1.08. The summed E-state index contributed by atoms with van der Waals surface area (Å²) in [5.74, 6) is 0.558. The molecule has 0 aromatic carbocycles. The van der Waals surface area contributed by atoms with Crippen molar-refractivity contribution in [2.75, 3.05) is 0 Å². The van der Waals surface area contributed by atoms with Crippen molar-refractivity contribution in [1.82, 2.24) is 14.4 Å². The van der Waals surface area contributed by atoms with Crippen molar-refractivity contribution in [2.45, 2.75) is 6.92 Å². The van der Waals surface area contributed by atoms with Crippen LogP contribution in [-0.4, -0.2) is 20.7 Å². The summed E-state index contributed by atoms with van der Waals surface area (Å²) in [5.41, 5.74) is 1.53. The fourth-order valence-corrected chi connectivity index (χ4v) is 1.08. The molecule has 0 saturated carbocycles. The summed E-state index contributed by atoms with van der Waals surface area (Å²) < 4.78 is 1.67. The minimum Gasteiger partial charge on any atom is -0.296 e. The predicted octanol–water partition coefficient (Wildman–Crippen LogP) is 0.850. The molecule has 4 nitrogen and oxygen atoms in total. The first-order valence-corrected chi connectivity index (χ1v) is 3.56. The Bertz CT molecular complexity index is 433. The van der Waals surface area contributed by atoms with Crippen molar-refractivity contribution in [3.8, 4) is 0 Å². The van der Waals surface area contributed by atoms with Crippen molar-refractivity contribution < 1.29 is 4.79 Å². The fraction of sp³-hybridized carbons (Fsp3) is 0.125. The van der Waals surface area contributed by atoms with Gasteiger partial charge in [0.05, 0.1) is 6.20 Å². The van der Waals surface area contributed by atoms with E-state index in [-0.39, 0.29) is 0 Å². The van der Waals surface area contributed by atoms with Crippen LogP contribution in [0.5, 0.6) is 0 Å². The van der Waals surface area contributed by atoms with Crippen LogP contribution in [0.25, 0.3) is 5.78 Å². The molecule has 12 heavy (non-hydrogen) atoms. The van der Waals surface area contributed by atoms with Crippen LogP contribution in [0.1, 0.15) is 16.1 Å². The third-order valence-electron chi connectivity index (χ3n) is 1.64. The van der Waals surface area contributed by atoms with E-state index in [9.17, 15) is 4.79 Å². The first-order valence-electron chi connectivity index (χ1n) is 3.56. The second-order valence-electron chi connectivity index (χ2n) is 2.60. The molecule has 0 spiro atoms. The highest BCUT2D eigenvalue weighted by Gasteiger charge is 2.01. The molecular formula is C8H7N3O. The maximum Gasteiger partial charge on any atom is 0.234 e. The summed E-state index contributed by atoms with van der Waals surface area (Å²) in [5, 5.41) is 0. The lowest BCUT2D eigenvalue weighted by atomic mass is 10.4. The first kappa shape index (κ1) is 6.97. The van der Waals surface area contributed by atoms with Gasteiger partial charge < -0.3 is 0 Å². The number of fused-ring (bicyclic) bond motifs is 1. The molecule has 0 saturated heterocycles. The molecule has 0 bridgehead atoms. The number of carbonyl (C=O) groups is 1. The van der Waals surface area contributed by atoms with Crippen molar-refractivity contribution >= 4 is 12.1 Å². The number of aryl methyl sites for hydroxylation is 1. The van der Waals surface area contributed by atoms with Crippen molar-refractivity contribution in [1.29, 1.82) is 0 Å². The average molecular weight is 161 g/mol. The Morgan fingerprint density at radius 1 is 1.42 bits per heavy atom. The van der Waals surface area contributed by atoms with E-state index in [1.54, 1.807) is 10.6 Å². The molecule has 60 valence electrons. The number of nitrogens with zero attached hydrogens (tertiary/aromatic N) is 3. The molecule has 0 fully saturated rings. The van der Waals surface area contributed by atoms with Crippen LogP contribution < -0.4 is 0 Å². The van der Waals surface area contributed by atoms with Crippen molar-refractivity contribution in [3.05, 3.63) is 29.8 Å². The van der Waals surface area contributed by atoms with Gasteiger partial charge in [-0.3, -0.25) is 9.20 Å². The largest absolute Gasteiger partial charge is 0.296 e. The summed E-state index contributed by atoms with van der Waals surface area (Å²) in [7, 11) is 0. The summed E-state index contributed by atoms with van der Waals surface area (Å²) >= 11 is 0. The number of hydrogen-bond donors (Lipinski definition) is 0. The molecule has 0 atom stereocenters. The normalized spacial score (nSPS) is 10.4. The second kappa shape index (κ2) is 2.41. The Morgan fingerprint density at radius 3 is 2.92 bits per heavy atom. The lowest BCUT2D eigenvalue weighted by Crippen LogP contribution is -1.93. The Hall–Kier alpha value is -1.71. The van der Waals surface area contributed by atoms with Gasteiger partial charge >= 0.3 is 0 Å². The highest BCUT2D eigenvalue weighted by molar-refractivity contribution is 5.73. The quantitative estimate of drug-likeness (QED) is 0.582. The van der Waals surface area contributed by atoms with E-state index in [4.69, 9.17) is 0 Å². The molecular weight excluding hydrogens is 154 g/mol. The lowest BCUT2D eigenvalue weighted by molar-refractivity contribution is 0.111. The zero-order valence-electron chi connectivity index (χ0n) is 6.56. The van der Waals surface area contributed by atoms with Gasteiger partial charge in [0.25, 0.3) is 0 Å². The summed E-state index contributed by atoms with van der Waals surface area (Å²) in [6, 6.07) is 0. The molecule has 2 aromatic heterocycles. The summed E-state index contributed by atoms with van der Waals surface area (Å²) in [4.78, 5) is 18.5. The molecule has 4 heteroatoms. The van der Waals surface area contributed by atoms with Crippen LogP contribution in [0.15, 0.2) is 18.6 Å². The van der Waals surface area contributed by atoms with E-state index in [0.717, 1.165) is 11.8 Å². The Kier molecular flexibility index (Phi) is 1.40. The molecule has 2 heterocycles. The van der Waals surface area contributed by atoms with Crippen LogP contribution in [0.3, 0.4) is 0 Å². The maximum atomic E-state index is 10.5. The van der Waals surface area contributed by atoms with Gasteiger partial charge in [0.2, 0.25) is 5.78 Å². The van der Waals surface area contributed by atoms with E-state index in [2.05, 4.69) is 9.97 Å². The number of rotatable bonds is 1. The van der Waals surface area contributed by atoms with Gasteiger partial charge in [0, 0.05) is 12.4 Å². The van der Waals surface area contributed by atoms with Gasteiger partial charge in [-0.05, 0) is 12.5 Å². The monoisotopic (exact) mass is 161 g/mol. The smallest absolute Gasteiger partial charge is 0.234 e. The van der Waals surface area contributed by atoms with Crippen molar-refractivity contribution in [3.63, 3.8) is 0 Å². The summed E-state index contributed by atoms with van der Waals surface area (Å²) in [6.07, 6.45) is 5.83. The van der Waals surface area contributed by atoms with E-state index >= 15 is 0 Å². The highest BCUT2D eigenvalue weighted by atomic mass is 16.1. The zero-order chi connectivity index (χ0) is 8.55. The van der Waals surface area contributed by atoms with E-state index < -0.39 is 0 Å². The van der Waals surface area contributed by atoms with Gasteiger partial charge in [-0.25, -0.2) is 9.97 Å². The lowest BCUT2D eigenvalue weighted by Gasteiger charge is -1.94. The van der Waals surface area contributed by atoms with Gasteiger partial charge in [0.1, 0.15) is 5.69 Å². The third-order valence-corrected chi connectivity index (χ3v) is 1.64. The van der Waals surface area contributed by atoms with Gasteiger partial charge in [-0.15, -0.1) is 0 Å². The minimum absolute atomic E-state index is 0.529. The van der Waals surface area contributed by atoms with E-state index in [1.807, 2.05) is 13.1 Å². The van der Waals surface area contributed by atoms with Gasteiger partial charge in [-0.1, -0.05) is 0 Å². The van der Waals surface area contributed by atoms with E-state index in [1.165, 1.54) is 6.20 Å². The molecule has 0 radical (unpaired) electrons. The molecule has 0 aliphatic carbocycles. The van der Waals surface area contributed by atoms with Crippen molar-refractivity contribution in [2.24, 2.45) is 0 Å². The molecule has 0 aliphatic heterocycles. The Balaban J connectivity index is 2.83. The zero-order valence-corrected chi connectivity index (χ0v) is 6.56. The number of hydrogen-bond acceptors (Lipinski definition) is 3. The third kappa shape index (κ3) is 0.887. The topological polar surface area (TPSA) is 47.3 Å². The maximum absolute atomic E-state index is 10.5. The van der Waals surface area contributed by atoms with Crippen LogP contribution in [0.4, 0.5) is 0 Å². The standard InChI is InChI=1S/C8H7N3O/c1-6-2-9-8-10-3-7(5-12)11(8)4-6/h2-5H,1H3. The molecule has 2 rings (SSSR count).